The summed E-state index contributed by atoms with van der Waals surface area (Å²) in [6.45, 7) is -0.705. The van der Waals surface area contributed by atoms with Crippen LogP contribution in [0.2, 0.25) is 0 Å². The summed E-state index contributed by atoms with van der Waals surface area (Å²) >= 11 is 0. The van der Waals surface area contributed by atoms with Crippen LogP contribution in [-0.4, -0.2) is 37.9 Å². The van der Waals surface area contributed by atoms with Crippen molar-refractivity contribution >= 4 is 28.4 Å². The normalized spacial score (nSPS) is 17.7. The fourth-order valence-electron chi connectivity index (χ4n) is 2.93. The number of nitrogens with one attached hydrogen (secondary N) is 2. The summed E-state index contributed by atoms with van der Waals surface area (Å²) in [6.07, 6.45) is 3.57. The van der Waals surface area contributed by atoms with Gasteiger partial charge in [0.25, 0.3) is 0 Å². The highest BCUT2D eigenvalue weighted by molar-refractivity contribution is 5.97. The van der Waals surface area contributed by atoms with Crippen LogP contribution in [0.4, 0.5) is 20.4 Å². The third-order valence-corrected chi connectivity index (χ3v) is 4.70. The first-order chi connectivity index (χ1) is 14.0. The van der Waals surface area contributed by atoms with Gasteiger partial charge in [-0.1, -0.05) is 12.8 Å². The van der Waals surface area contributed by atoms with E-state index >= 15 is 0 Å². The highest BCUT2D eigenvalue weighted by atomic mass is 19.3. The van der Waals surface area contributed by atoms with Crippen molar-refractivity contribution < 1.29 is 13.6 Å². The van der Waals surface area contributed by atoms with Crippen LogP contribution in [-0.2, 0) is 4.79 Å². The van der Waals surface area contributed by atoms with Crippen LogP contribution in [0.1, 0.15) is 31.2 Å². The molecule has 3 heterocycles. The van der Waals surface area contributed by atoms with Crippen molar-refractivity contribution in [2.75, 3.05) is 17.7 Å². The van der Waals surface area contributed by atoms with Crippen molar-refractivity contribution in [3.05, 3.63) is 35.8 Å². The molecule has 10 heteroatoms. The van der Waals surface area contributed by atoms with Crippen LogP contribution in [0.5, 0.6) is 0 Å². The summed E-state index contributed by atoms with van der Waals surface area (Å²) in [7, 11) is 1.70. The zero-order valence-electron chi connectivity index (χ0n) is 15.6. The van der Waals surface area contributed by atoms with Crippen molar-refractivity contribution in [1.82, 2.24) is 25.0 Å². The van der Waals surface area contributed by atoms with E-state index in [1.165, 1.54) is 6.07 Å². The number of halogens is 2. The van der Waals surface area contributed by atoms with E-state index < -0.39 is 6.55 Å². The van der Waals surface area contributed by atoms with Gasteiger partial charge in [0.1, 0.15) is 11.2 Å². The molecule has 1 fully saturated rings. The minimum absolute atomic E-state index is 0.00187. The molecule has 0 aliphatic heterocycles. The quantitative estimate of drug-likeness (QED) is 0.657. The topological polar surface area (TPSA) is 97.6 Å². The number of carbonyl (C=O) groups excluding carboxylic acids is 1. The number of aromatic nitrogens is 5. The van der Waals surface area contributed by atoms with E-state index in [9.17, 15) is 13.6 Å². The van der Waals surface area contributed by atoms with Crippen LogP contribution in [0.15, 0.2) is 24.5 Å². The highest BCUT2D eigenvalue weighted by Gasteiger charge is 2.39. The molecule has 3 aromatic heterocycles. The van der Waals surface area contributed by atoms with Crippen molar-refractivity contribution in [1.29, 1.82) is 0 Å². The molecule has 0 spiro atoms. The van der Waals surface area contributed by atoms with Gasteiger partial charge in [-0.25, -0.2) is 9.67 Å². The van der Waals surface area contributed by atoms with Crippen LogP contribution in [0.25, 0.3) is 10.9 Å². The average molecular weight is 397 g/mol. The van der Waals surface area contributed by atoms with E-state index in [2.05, 4.69) is 42.8 Å². The van der Waals surface area contributed by atoms with E-state index in [0.717, 1.165) is 12.6 Å². The summed E-state index contributed by atoms with van der Waals surface area (Å²) in [6, 6.07) is 3.08. The molecule has 1 amide bonds. The molecule has 0 saturated heterocycles. The molecule has 3 aromatic rings. The maximum absolute atomic E-state index is 12.7. The first-order valence-electron chi connectivity index (χ1n) is 8.96. The second-order valence-corrected chi connectivity index (χ2v) is 6.78. The van der Waals surface area contributed by atoms with Gasteiger partial charge in [-0.3, -0.25) is 4.79 Å². The third kappa shape index (κ3) is 3.85. The molecule has 8 nitrogen and oxygen atoms in total. The minimum Gasteiger partial charge on any atom is -0.371 e. The number of amides is 1. The van der Waals surface area contributed by atoms with Gasteiger partial charge in [-0.05, 0) is 30.4 Å². The zero-order chi connectivity index (χ0) is 20.5. The maximum Gasteiger partial charge on any atom is 0.333 e. The van der Waals surface area contributed by atoms with E-state index in [0.29, 0.717) is 38.7 Å². The Hall–Kier alpha value is -3.61. The molecule has 1 saturated carbocycles. The predicted molar refractivity (Wildman–Crippen MR) is 102 cm³/mol. The summed E-state index contributed by atoms with van der Waals surface area (Å²) in [5.41, 5.74) is 1.19. The lowest BCUT2D eigenvalue weighted by Gasteiger charge is -2.08. The Morgan fingerprint density at radius 1 is 1.34 bits per heavy atom. The number of fused-ring (bicyclic) bond motifs is 1. The molecule has 1 aliphatic carbocycles. The predicted octanol–water partition coefficient (Wildman–Crippen LogP) is 2.65. The van der Waals surface area contributed by atoms with Gasteiger partial charge in [0.15, 0.2) is 11.6 Å². The Morgan fingerprint density at radius 3 is 2.79 bits per heavy atom. The molecule has 2 atom stereocenters. The number of anilines is 2. The Morgan fingerprint density at radius 2 is 2.14 bits per heavy atom. The summed E-state index contributed by atoms with van der Waals surface area (Å²) in [4.78, 5) is 16.5. The second kappa shape index (κ2) is 7.43. The van der Waals surface area contributed by atoms with E-state index in [1.54, 1.807) is 19.3 Å². The molecular formula is C19H17F2N7O. The van der Waals surface area contributed by atoms with Gasteiger partial charge < -0.3 is 10.6 Å². The van der Waals surface area contributed by atoms with Crippen LogP contribution in [0, 0.1) is 23.7 Å². The Bertz CT molecular complexity index is 1150. The molecule has 4 rings (SSSR count). The smallest absolute Gasteiger partial charge is 0.333 e. The molecular weight excluding hydrogens is 380 g/mol. The number of pyridine rings is 1. The van der Waals surface area contributed by atoms with Gasteiger partial charge in [0, 0.05) is 30.7 Å². The summed E-state index contributed by atoms with van der Waals surface area (Å²) in [5.74, 6) is 6.76. The number of rotatable bonds is 4. The Labute approximate surface area is 164 Å². The number of hydrogen-bond donors (Lipinski definition) is 2. The lowest BCUT2D eigenvalue weighted by atomic mass is 10.1. The molecule has 0 radical (unpaired) electrons. The molecule has 0 aromatic carbocycles. The van der Waals surface area contributed by atoms with E-state index in [4.69, 9.17) is 0 Å². The number of carbonyl (C=O) groups is 1. The number of nitrogens with zero attached hydrogens (tertiary/aromatic N) is 5. The van der Waals surface area contributed by atoms with Crippen molar-refractivity contribution in [3.63, 3.8) is 0 Å². The van der Waals surface area contributed by atoms with Gasteiger partial charge >= 0.3 is 6.55 Å². The van der Waals surface area contributed by atoms with E-state index in [1.807, 2.05) is 6.92 Å². The van der Waals surface area contributed by atoms with Gasteiger partial charge in [-0.15, -0.1) is 10.2 Å². The lowest BCUT2D eigenvalue weighted by molar-refractivity contribution is -0.117. The Kier molecular flexibility index (Phi) is 4.80. The van der Waals surface area contributed by atoms with E-state index in [-0.39, 0.29) is 17.5 Å². The number of alkyl halides is 2. The second-order valence-electron chi connectivity index (χ2n) is 6.78. The lowest BCUT2D eigenvalue weighted by Crippen LogP contribution is -2.16. The van der Waals surface area contributed by atoms with Crippen molar-refractivity contribution in [2.24, 2.45) is 11.8 Å². The molecule has 1 aliphatic rings. The molecule has 0 bridgehead atoms. The minimum atomic E-state index is -2.72. The van der Waals surface area contributed by atoms with Crippen molar-refractivity contribution in [2.45, 2.75) is 19.9 Å². The third-order valence-electron chi connectivity index (χ3n) is 4.70. The molecule has 29 heavy (non-hydrogen) atoms. The first kappa shape index (κ1) is 18.7. The van der Waals surface area contributed by atoms with Crippen LogP contribution >= 0.6 is 0 Å². The van der Waals surface area contributed by atoms with Crippen LogP contribution in [0.3, 0.4) is 0 Å². The van der Waals surface area contributed by atoms with Gasteiger partial charge in [0.2, 0.25) is 5.91 Å². The molecule has 0 unspecified atom stereocenters. The number of hydrogen-bond acceptors (Lipinski definition) is 6. The van der Waals surface area contributed by atoms with Gasteiger partial charge in [0.05, 0.1) is 5.56 Å². The Balaban J connectivity index is 1.70. The monoisotopic (exact) mass is 397 g/mol. The molecule has 148 valence electrons. The van der Waals surface area contributed by atoms with Crippen LogP contribution < -0.4 is 10.6 Å². The van der Waals surface area contributed by atoms with Crippen molar-refractivity contribution in [3.8, 4) is 11.8 Å². The summed E-state index contributed by atoms with van der Waals surface area (Å²) < 4.78 is 25.8. The first-order valence-corrected chi connectivity index (χ1v) is 8.96. The standard InChI is InChI=1S/C19H17F2N7O/c1-10-7-13(10)18(29)24-15-8-14-11(9-23-17(22-2)16(14)26-25-15)3-4-12-5-6-28(27-12)19(20)21/h5-6,8-10,13,19H,7H2,1-2H3,(H,22,23)(H,24,25,29)/t10-,13+/m1/s1. The maximum atomic E-state index is 12.7. The fraction of sp³-hybridized carbons (Fsp3) is 0.316. The zero-order valence-corrected chi connectivity index (χ0v) is 15.6. The average Bonchev–Trinajstić information content (AvgIpc) is 3.25. The van der Waals surface area contributed by atoms with Gasteiger partial charge in [-0.2, -0.15) is 13.9 Å². The largest absolute Gasteiger partial charge is 0.371 e. The SMILES string of the molecule is CNc1ncc(C#Cc2ccn(C(F)F)n2)c2cc(NC(=O)[C@H]3C[C@H]3C)nnc12. The summed E-state index contributed by atoms with van der Waals surface area (Å²) in [5, 5.41) is 18.3. The highest BCUT2D eigenvalue weighted by Crippen LogP contribution is 2.38. The fourth-order valence-corrected chi connectivity index (χ4v) is 2.93. The molecule has 2 N–H and O–H groups in total.